The second-order valence-electron chi connectivity index (χ2n) is 6.54. The van der Waals surface area contributed by atoms with Crippen LogP contribution in [0.15, 0.2) is 42.5 Å². The first-order valence-corrected chi connectivity index (χ1v) is 8.71. The summed E-state index contributed by atoms with van der Waals surface area (Å²) < 4.78 is 40.1. The van der Waals surface area contributed by atoms with E-state index in [1.807, 2.05) is 0 Å². The maximum atomic E-state index is 13.9. The number of hydrogen-bond acceptors (Lipinski definition) is 2. The summed E-state index contributed by atoms with van der Waals surface area (Å²) in [6.45, 7) is 1.38. The summed E-state index contributed by atoms with van der Waals surface area (Å²) >= 11 is 0. The van der Waals surface area contributed by atoms with E-state index in [9.17, 15) is 18.0 Å². The lowest BCUT2D eigenvalue weighted by atomic mass is 10.1. The van der Waals surface area contributed by atoms with Crippen molar-refractivity contribution in [2.45, 2.75) is 38.4 Å². The van der Waals surface area contributed by atoms with Gasteiger partial charge in [0.05, 0.1) is 0 Å². The van der Waals surface area contributed by atoms with Crippen LogP contribution in [0.4, 0.5) is 13.2 Å². The molecule has 2 aromatic carbocycles. The highest BCUT2D eigenvalue weighted by molar-refractivity contribution is 5.78. The fourth-order valence-corrected chi connectivity index (χ4v) is 3.26. The minimum atomic E-state index is -0.509. The van der Waals surface area contributed by atoms with Crippen molar-refractivity contribution in [2.75, 3.05) is 6.54 Å². The number of nitrogens with one attached hydrogen (secondary N) is 1. The van der Waals surface area contributed by atoms with Crippen molar-refractivity contribution in [3.8, 4) is 0 Å². The smallest absolute Gasteiger partial charge is 0.223 e. The van der Waals surface area contributed by atoms with Crippen molar-refractivity contribution in [3.05, 3.63) is 71.0 Å². The highest BCUT2D eigenvalue weighted by atomic mass is 19.1. The molecule has 6 heteroatoms. The normalized spacial score (nSPS) is 17.1. The summed E-state index contributed by atoms with van der Waals surface area (Å²) in [6, 6.07) is 9.59. The highest BCUT2D eigenvalue weighted by Crippen LogP contribution is 2.24. The molecular formula is C20H21F3N2O. The maximum Gasteiger partial charge on any atom is 0.223 e. The van der Waals surface area contributed by atoms with Crippen LogP contribution in [-0.4, -0.2) is 23.4 Å². The summed E-state index contributed by atoms with van der Waals surface area (Å²) in [5.41, 5.74) is 1.18. The van der Waals surface area contributed by atoms with Gasteiger partial charge in [0.2, 0.25) is 5.91 Å². The Balaban J connectivity index is 1.52. The van der Waals surface area contributed by atoms with Crippen molar-refractivity contribution >= 4 is 5.91 Å². The number of benzene rings is 2. The van der Waals surface area contributed by atoms with Gasteiger partial charge in [0.15, 0.2) is 0 Å². The SMILES string of the molecule is O=C1CC[C@H](CCNCc2ccc(F)cc2)N1Cc1cc(F)ccc1F. The van der Waals surface area contributed by atoms with Gasteiger partial charge < -0.3 is 10.2 Å². The van der Waals surface area contributed by atoms with Gasteiger partial charge in [-0.2, -0.15) is 0 Å². The van der Waals surface area contributed by atoms with Gasteiger partial charge in [0.25, 0.3) is 0 Å². The van der Waals surface area contributed by atoms with Crippen LogP contribution in [0, 0.1) is 17.5 Å². The van der Waals surface area contributed by atoms with Crippen LogP contribution in [0.3, 0.4) is 0 Å². The van der Waals surface area contributed by atoms with Gasteiger partial charge in [-0.1, -0.05) is 12.1 Å². The molecular weight excluding hydrogens is 341 g/mol. The molecule has 1 saturated heterocycles. The Kier molecular flexibility index (Phi) is 5.93. The number of amides is 1. The van der Waals surface area contributed by atoms with Crippen LogP contribution in [-0.2, 0) is 17.9 Å². The van der Waals surface area contributed by atoms with Gasteiger partial charge in [-0.05, 0) is 55.3 Å². The number of halogens is 3. The largest absolute Gasteiger partial charge is 0.335 e. The summed E-state index contributed by atoms with van der Waals surface area (Å²) in [6.07, 6.45) is 1.87. The Hall–Kier alpha value is -2.34. The predicted octanol–water partition coefficient (Wildman–Crippen LogP) is 3.77. The van der Waals surface area contributed by atoms with E-state index in [2.05, 4.69) is 5.32 Å². The zero-order valence-corrected chi connectivity index (χ0v) is 14.4. The second kappa shape index (κ2) is 8.36. The standard InChI is InChI=1S/C20H21F3N2O/c21-16-3-1-14(2-4-16)12-24-10-9-18-6-8-20(26)25(18)13-15-11-17(22)5-7-19(15)23/h1-5,7,11,18,24H,6,8-10,12-13H2/t18-/m1/s1. The molecule has 1 amide bonds. The lowest BCUT2D eigenvalue weighted by Crippen LogP contribution is -2.35. The molecule has 0 radical (unpaired) electrons. The van der Waals surface area contributed by atoms with E-state index in [1.54, 1.807) is 17.0 Å². The summed E-state index contributed by atoms with van der Waals surface area (Å²) in [5.74, 6) is -1.31. The number of carbonyl (C=O) groups excluding carboxylic acids is 1. The molecule has 0 aromatic heterocycles. The monoisotopic (exact) mass is 362 g/mol. The molecule has 0 unspecified atom stereocenters. The highest BCUT2D eigenvalue weighted by Gasteiger charge is 2.31. The Morgan fingerprint density at radius 3 is 2.54 bits per heavy atom. The van der Waals surface area contributed by atoms with E-state index in [4.69, 9.17) is 0 Å². The Morgan fingerprint density at radius 1 is 1.04 bits per heavy atom. The van der Waals surface area contributed by atoms with Crippen LogP contribution in [0.1, 0.15) is 30.4 Å². The van der Waals surface area contributed by atoms with Gasteiger partial charge in [-0.15, -0.1) is 0 Å². The summed E-state index contributed by atoms with van der Waals surface area (Å²) in [4.78, 5) is 13.8. The number of carbonyl (C=O) groups is 1. The van der Waals surface area contributed by atoms with E-state index < -0.39 is 11.6 Å². The van der Waals surface area contributed by atoms with E-state index in [-0.39, 0.29) is 29.9 Å². The van der Waals surface area contributed by atoms with E-state index in [1.165, 1.54) is 12.1 Å². The molecule has 1 fully saturated rings. The Morgan fingerprint density at radius 2 is 1.77 bits per heavy atom. The molecule has 1 aliphatic heterocycles. The molecule has 1 heterocycles. The molecule has 1 atom stereocenters. The van der Waals surface area contributed by atoms with Crippen LogP contribution in [0.25, 0.3) is 0 Å². The van der Waals surface area contributed by atoms with Crippen LogP contribution in [0.2, 0.25) is 0 Å². The van der Waals surface area contributed by atoms with Crippen molar-refractivity contribution in [1.82, 2.24) is 10.2 Å². The minimum absolute atomic E-state index is 0.00545. The topological polar surface area (TPSA) is 32.3 Å². The molecule has 0 aliphatic carbocycles. The third-order valence-corrected chi connectivity index (χ3v) is 4.70. The quantitative estimate of drug-likeness (QED) is 0.761. The Bertz CT molecular complexity index is 764. The van der Waals surface area contributed by atoms with Gasteiger partial charge in [0.1, 0.15) is 17.5 Å². The first kappa shape index (κ1) is 18.5. The molecule has 0 spiro atoms. The van der Waals surface area contributed by atoms with Crippen LogP contribution < -0.4 is 5.32 Å². The lowest BCUT2D eigenvalue weighted by Gasteiger charge is -2.25. The van der Waals surface area contributed by atoms with Crippen LogP contribution >= 0.6 is 0 Å². The third kappa shape index (κ3) is 4.64. The number of nitrogens with zero attached hydrogens (tertiary/aromatic N) is 1. The fraction of sp³-hybridized carbons (Fsp3) is 0.350. The summed E-state index contributed by atoms with van der Waals surface area (Å²) in [5, 5.41) is 3.27. The molecule has 2 aromatic rings. The molecule has 0 saturated carbocycles. The first-order valence-electron chi connectivity index (χ1n) is 8.71. The lowest BCUT2D eigenvalue weighted by molar-refractivity contribution is -0.129. The molecule has 3 nitrogen and oxygen atoms in total. The molecule has 1 aliphatic rings. The van der Waals surface area contributed by atoms with E-state index >= 15 is 0 Å². The van der Waals surface area contributed by atoms with Crippen LogP contribution in [0.5, 0.6) is 0 Å². The third-order valence-electron chi connectivity index (χ3n) is 4.70. The van der Waals surface area contributed by atoms with Gasteiger partial charge in [-0.25, -0.2) is 13.2 Å². The summed E-state index contributed by atoms with van der Waals surface area (Å²) in [7, 11) is 0. The van der Waals surface area contributed by atoms with Gasteiger partial charge >= 0.3 is 0 Å². The van der Waals surface area contributed by atoms with E-state index in [0.29, 0.717) is 25.9 Å². The van der Waals surface area contributed by atoms with Crippen molar-refractivity contribution in [1.29, 1.82) is 0 Å². The average Bonchev–Trinajstić information content (AvgIpc) is 2.97. The second-order valence-corrected chi connectivity index (χ2v) is 6.54. The molecule has 3 rings (SSSR count). The van der Waals surface area contributed by atoms with E-state index in [0.717, 1.165) is 30.2 Å². The van der Waals surface area contributed by atoms with Crippen molar-refractivity contribution < 1.29 is 18.0 Å². The minimum Gasteiger partial charge on any atom is -0.335 e. The zero-order valence-electron chi connectivity index (χ0n) is 14.4. The fourth-order valence-electron chi connectivity index (χ4n) is 3.26. The van der Waals surface area contributed by atoms with Crippen molar-refractivity contribution in [3.63, 3.8) is 0 Å². The van der Waals surface area contributed by atoms with Gasteiger partial charge in [-0.3, -0.25) is 4.79 Å². The number of rotatable bonds is 7. The zero-order chi connectivity index (χ0) is 18.5. The van der Waals surface area contributed by atoms with Gasteiger partial charge in [0, 0.05) is 31.1 Å². The Labute approximate surface area is 150 Å². The van der Waals surface area contributed by atoms with Crippen molar-refractivity contribution in [2.24, 2.45) is 0 Å². The average molecular weight is 362 g/mol. The number of hydrogen-bond donors (Lipinski definition) is 1. The maximum absolute atomic E-state index is 13.9. The predicted molar refractivity (Wildman–Crippen MR) is 92.7 cm³/mol. The molecule has 138 valence electrons. The molecule has 26 heavy (non-hydrogen) atoms. The molecule has 0 bridgehead atoms. The molecule has 1 N–H and O–H groups in total. The number of likely N-dealkylation sites (tertiary alicyclic amines) is 1. The first-order chi connectivity index (χ1) is 12.5.